The first-order chi connectivity index (χ1) is 26.7. The summed E-state index contributed by atoms with van der Waals surface area (Å²) in [5.74, 6) is 3.00. The molecule has 3 nitrogen and oxygen atoms in total. The zero-order chi connectivity index (χ0) is 35.6. The summed E-state index contributed by atoms with van der Waals surface area (Å²) in [4.78, 5) is 2.41. The van der Waals surface area contributed by atoms with Crippen LogP contribution in [0.3, 0.4) is 0 Å². The maximum atomic E-state index is 6.60. The Labute approximate surface area is 313 Å². The SMILES string of the molecule is c1ccc(-c2ccc(N(c3ccc4c(c3)-c3ccccc3C4)c3ccc(-c4ccc5c(c4)Oc4cccc6cccc(c46)O5)c4ccccc34)cc2)cc1. The number of hydrogen-bond acceptors (Lipinski definition) is 3. The number of anilines is 3. The Kier molecular flexibility index (Phi) is 6.93. The summed E-state index contributed by atoms with van der Waals surface area (Å²) in [6.07, 6.45) is 0.964. The molecule has 0 amide bonds. The smallest absolute Gasteiger partial charge is 0.170 e. The van der Waals surface area contributed by atoms with Crippen LogP contribution in [0.2, 0.25) is 0 Å². The van der Waals surface area contributed by atoms with E-state index in [1.54, 1.807) is 0 Å². The van der Waals surface area contributed by atoms with Crippen LogP contribution in [0.25, 0.3) is 54.9 Å². The number of benzene rings is 9. The molecule has 0 saturated carbocycles. The number of nitrogens with zero attached hydrogens (tertiary/aromatic N) is 1. The van der Waals surface area contributed by atoms with E-state index in [-0.39, 0.29) is 0 Å². The molecule has 9 aromatic rings. The molecule has 9 aromatic carbocycles. The number of ether oxygens (including phenoxy) is 2. The molecule has 0 spiro atoms. The van der Waals surface area contributed by atoms with Crippen molar-refractivity contribution in [2.24, 2.45) is 0 Å². The Bertz CT molecular complexity index is 2910. The third-order valence-electron chi connectivity index (χ3n) is 10.9. The lowest BCUT2D eigenvalue weighted by atomic mass is 9.95. The van der Waals surface area contributed by atoms with E-state index in [0.29, 0.717) is 11.5 Å². The van der Waals surface area contributed by atoms with Gasteiger partial charge in [-0.2, -0.15) is 0 Å². The summed E-state index contributed by atoms with van der Waals surface area (Å²) in [7, 11) is 0. The van der Waals surface area contributed by atoms with Crippen molar-refractivity contribution in [2.45, 2.75) is 6.42 Å². The second kappa shape index (κ2) is 12.3. The van der Waals surface area contributed by atoms with E-state index in [1.165, 1.54) is 33.4 Å². The van der Waals surface area contributed by atoms with Crippen molar-refractivity contribution in [3.8, 4) is 56.4 Å². The molecule has 0 radical (unpaired) electrons. The second-order valence-electron chi connectivity index (χ2n) is 14.1. The maximum Gasteiger partial charge on any atom is 0.170 e. The topological polar surface area (TPSA) is 21.7 Å². The first-order valence-corrected chi connectivity index (χ1v) is 18.5. The minimum atomic E-state index is 0.697. The molecule has 1 aliphatic heterocycles. The van der Waals surface area contributed by atoms with Gasteiger partial charge in [-0.25, -0.2) is 0 Å². The van der Waals surface area contributed by atoms with Gasteiger partial charge in [-0.1, -0.05) is 133 Å². The number of rotatable bonds is 5. The van der Waals surface area contributed by atoms with Gasteiger partial charge in [0, 0.05) is 16.8 Å². The lowest BCUT2D eigenvalue weighted by Crippen LogP contribution is -2.11. The lowest BCUT2D eigenvalue weighted by molar-refractivity contribution is 0.439. The van der Waals surface area contributed by atoms with Crippen LogP contribution in [0.1, 0.15) is 11.1 Å². The van der Waals surface area contributed by atoms with E-state index in [1.807, 2.05) is 30.3 Å². The molecule has 0 atom stereocenters. The Balaban J connectivity index is 1.05. The van der Waals surface area contributed by atoms with Crippen molar-refractivity contribution in [1.82, 2.24) is 0 Å². The Morgan fingerprint density at radius 2 is 1.04 bits per heavy atom. The molecule has 3 heteroatoms. The van der Waals surface area contributed by atoms with E-state index in [9.17, 15) is 0 Å². The molecular formula is C51H33NO2. The van der Waals surface area contributed by atoms with Crippen molar-refractivity contribution in [3.63, 3.8) is 0 Å². The average molecular weight is 692 g/mol. The first-order valence-electron chi connectivity index (χ1n) is 18.5. The third kappa shape index (κ3) is 4.97. The molecule has 54 heavy (non-hydrogen) atoms. The summed E-state index contributed by atoms with van der Waals surface area (Å²) >= 11 is 0. The van der Waals surface area contributed by atoms with E-state index >= 15 is 0 Å². The van der Waals surface area contributed by atoms with Gasteiger partial charge in [0.2, 0.25) is 0 Å². The third-order valence-corrected chi connectivity index (χ3v) is 10.9. The largest absolute Gasteiger partial charge is 0.453 e. The Hall–Kier alpha value is -7.10. The van der Waals surface area contributed by atoms with Gasteiger partial charge >= 0.3 is 0 Å². The molecule has 0 saturated heterocycles. The highest BCUT2D eigenvalue weighted by Gasteiger charge is 2.24. The highest BCUT2D eigenvalue weighted by molar-refractivity contribution is 6.07. The predicted octanol–water partition coefficient (Wildman–Crippen LogP) is 14.3. The normalized spacial score (nSPS) is 12.3. The van der Waals surface area contributed by atoms with Crippen LogP contribution in [-0.4, -0.2) is 0 Å². The van der Waals surface area contributed by atoms with Crippen LogP contribution in [-0.2, 0) is 6.42 Å². The molecule has 0 N–H and O–H groups in total. The quantitative estimate of drug-likeness (QED) is 0.179. The fourth-order valence-electron chi connectivity index (χ4n) is 8.36. The summed E-state index contributed by atoms with van der Waals surface area (Å²) in [5, 5.41) is 4.39. The second-order valence-corrected chi connectivity index (χ2v) is 14.1. The van der Waals surface area contributed by atoms with Crippen molar-refractivity contribution in [1.29, 1.82) is 0 Å². The summed E-state index contributed by atoms with van der Waals surface area (Å²) in [6.45, 7) is 0. The van der Waals surface area contributed by atoms with E-state index < -0.39 is 0 Å². The monoisotopic (exact) mass is 691 g/mol. The summed E-state index contributed by atoms with van der Waals surface area (Å²) < 4.78 is 13.1. The Morgan fingerprint density at radius 1 is 0.370 bits per heavy atom. The molecule has 0 unspecified atom stereocenters. The minimum absolute atomic E-state index is 0.697. The highest BCUT2D eigenvalue weighted by Crippen LogP contribution is 2.49. The first kappa shape index (κ1) is 30.5. The molecule has 1 heterocycles. The molecule has 0 bridgehead atoms. The number of fused-ring (bicyclic) bond motifs is 5. The van der Waals surface area contributed by atoms with Crippen LogP contribution in [0.4, 0.5) is 17.1 Å². The molecule has 1 aliphatic carbocycles. The summed E-state index contributed by atoms with van der Waals surface area (Å²) in [6, 6.07) is 67.0. The zero-order valence-electron chi connectivity index (χ0n) is 29.4. The minimum Gasteiger partial charge on any atom is -0.453 e. The van der Waals surface area contributed by atoms with Crippen molar-refractivity contribution in [2.75, 3.05) is 4.90 Å². The van der Waals surface area contributed by atoms with E-state index in [0.717, 1.165) is 67.7 Å². The molecule has 0 aromatic heterocycles. The van der Waals surface area contributed by atoms with Crippen molar-refractivity contribution in [3.05, 3.63) is 199 Å². The molecule has 2 aliphatic rings. The zero-order valence-corrected chi connectivity index (χ0v) is 29.4. The fraction of sp³-hybridized carbons (Fsp3) is 0.0196. The van der Waals surface area contributed by atoms with Gasteiger partial charge in [0.05, 0.1) is 11.1 Å². The van der Waals surface area contributed by atoms with Gasteiger partial charge in [0.15, 0.2) is 11.5 Å². The van der Waals surface area contributed by atoms with Crippen LogP contribution in [0.5, 0.6) is 23.0 Å². The lowest BCUT2D eigenvalue weighted by Gasteiger charge is -2.28. The van der Waals surface area contributed by atoms with E-state index in [4.69, 9.17) is 9.47 Å². The van der Waals surface area contributed by atoms with Gasteiger partial charge < -0.3 is 14.4 Å². The van der Waals surface area contributed by atoms with Crippen LogP contribution < -0.4 is 14.4 Å². The molecule has 0 fully saturated rings. The van der Waals surface area contributed by atoms with Gasteiger partial charge in [0.1, 0.15) is 11.5 Å². The fourth-order valence-corrected chi connectivity index (χ4v) is 8.36. The van der Waals surface area contributed by atoms with Gasteiger partial charge in [-0.15, -0.1) is 0 Å². The predicted molar refractivity (Wildman–Crippen MR) is 222 cm³/mol. The van der Waals surface area contributed by atoms with Crippen molar-refractivity contribution < 1.29 is 9.47 Å². The van der Waals surface area contributed by atoms with E-state index in [2.05, 4.69) is 163 Å². The Morgan fingerprint density at radius 3 is 1.87 bits per heavy atom. The van der Waals surface area contributed by atoms with Crippen LogP contribution in [0.15, 0.2) is 188 Å². The van der Waals surface area contributed by atoms with Gasteiger partial charge in [-0.3, -0.25) is 0 Å². The van der Waals surface area contributed by atoms with Crippen molar-refractivity contribution >= 4 is 38.6 Å². The standard InChI is InChI=1S/C51H33NO2/c1-2-10-33(11-3-1)34-20-24-39(25-21-34)52(40-26-22-37-30-36-12-4-5-15-41(36)45(37)32-40)46-28-27-42(43-16-6-7-17-44(43)46)38-23-29-47-50(31-38)54-49-19-9-14-35-13-8-18-48(53-47)51(35)49/h1-29,31-32H,30H2. The van der Waals surface area contributed by atoms with Crippen LogP contribution >= 0.6 is 0 Å². The van der Waals surface area contributed by atoms with Gasteiger partial charge in [-0.05, 0) is 116 Å². The molecule has 11 rings (SSSR count). The highest BCUT2D eigenvalue weighted by atomic mass is 16.5. The average Bonchev–Trinajstić information content (AvgIpc) is 3.52. The molecular weight excluding hydrogens is 659 g/mol. The van der Waals surface area contributed by atoms with Gasteiger partial charge in [0.25, 0.3) is 0 Å². The molecule has 254 valence electrons. The maximum absolute atomic E-state index is 6.60. The van der Waals surface area contributed by atoms with Crippen LogP contribution in [0, 0.1) is 0 Å². The number of hydrogen-bond donors (Lipinski definition) is 0. The summed E-state index contributed by atoms with van der Waals surface area (Å²) in [5.41, 5.74) is 13.3.